The highest BCUT2D eigenvalue weighted by atomic mass is 16.3. The van der Waals surface area contributed by atoms with E-state index in [1.54, 1.807) is 0 Å². The second kappa shape index (κ2) is 13.9. The molecule has 0 unspecified atom stereocenters. The van der Waals surface area contributed by atoms with Crippen LogP contribution < -0.4 is 4.90 Å². The van der Waals surface area contributed by atoms with E-state index in [2.05, 4.69) is 235 Å². The number of para-hydroxylation sites is 1. The third-order valence-corrected chi connectivity index (χ3v) is 13.5. The van der Waals surface area contributed by atoms with Gasteiger partial charge in [0.05, 0.1) is 11.1 Å². The predicted octanol–water partition coefficient (Wildman–Crippen LogP) is 16.4. The minimum absolute atomic E-state index is 0.577. The van der Waals surface area contributed by atoms with E-state index in [1.807, 2.05) is 6.07 Å². The quantitative estimate of drug-likeness (QED) is 0.172. The Hall–Kier alpha value is -8.20. The molecule has 294 valence electrons. The van der Waals surface area contributed by atoms with Crippen molar-refractivity contribution in [2.75, 3.05) is 4.90 Å². The number of hydrogen-bond donors (Lipinski definition) is 0. The van der Waals surface area contributed by atoms with Gasteiger partial charge in [-0.05, 0) is 115 Å². The van der Waals surface area contributed by atoms with Crippen molar-refractivity contribution in [2.24, 2.45) is 0 Å². The molecule has 0 atom stereocenters. The van der Waals surface area contributed by atoms with Crippen LogP contribution in [0.25, 0.3) is 77.6 Å². The molecule has 2 aliphatic carbocycles. The minimum Gasteiger partial charge on any atom is -0.456 e. The van der Waals surface area contributed by atoms with Crippen LogP contribution in [0.1, 0.15) is 22.3 Å². The molecule has 1 heterocycles. The van der Waals surface area contributed by atoms with Gasteiger partial charge in [0, 0.05) is 27.7 Å². The zero-order valence-electron chi connectivity index (χ0n) is 34.4. The van der Waals surface area contributed by atoms with E-state index < -0.39 is 5.41 Å². The van der Waals surface area contributed by atoms with Gasteiger partial charge in [-0.2, -0.15) is 0 Å². The second-order valence-corrected chi connectivity index (χ2v) is 16.7. The number of rotatable bonds is 5. The van der Waals surface area contributed by atoms with Crippen molar-refractivity contribution >= 4 is 39.0 Å². The topological polar surface area (TPSA) is 16.4 Å². The summed E-state index contributed by atoms with van der Waals surface area (Å²) in [6.45, 7) is 0. The fraction of sp³-hybridized carbons (Fsp3) is 0.0164. The number of hydrogen-bond acceptors (Lipinski definition) is 2. The molecule has 2 aliphatic rings. The van der Waals surface area contributed by atoms with Crippen LogP contribution in [0.2, 0.25) is 0 Å². The van der Waals surface area contributed by atoms with Gasteiger partial charge in [-0.1, -0.05) is 194 Å². The van der Waals surface area contributed by atoms with Crippen LogP contribution in [0.15, 0.2) is 241 Å². The van der Waals surface area contributed by atoms with Crippen LogP contribution in [0.5, 0.6) is 0 Å². The van der Waals surface area contributed by atoms with Crippen LogP contribution in [-0.4, -0.2) is 0 Å². The van der Waals surface area contributed by atoms with Crippen molar-refractivity contribution in [3.8, 4) is 55.6 Å². The van der Waals surface area contributed by atoms with Gasteiger partial charge in [0.25, 0.3) is 0 Å². The van der Waals surface area contributed by atoms with Crippen molar-refractivity contribution < 1.29 is 4.42 Å². The molecule has 0 saturated heterocycles. The maximum atomic E-state index is 6.31. The van der Waals surface area contributed by atoms with Crippen LogP contribution in [0.4, 0.5) is 17.1 Å². The predicted molar refractivity (Wildman–Crippen MR) is 261 cm³/mol. The first-order valence-electron chi connectivity index (χ1n) is 21.8. The fourth-order valence-electron chi connectivity index (χ4n) is 10.9. The fourth-order valence-corrected chi connectivity index (χ4v) is 10.9. The SMILES string of the molecule is c1ccc(-c2ccc(N(c3ccc(-c4cccc5oc6ccccc6c45)cc3)c3cccc4c3-c3ccccc3C43c4ccccc4-c4ccccc4-c4ccccc43)cc2)cc1. The number of nitrogens with zero attached hydrogens (tertiary/aromatic N) is 1. The second-order valence-electron chi connectivity index (χ2n) is 16.7. The zero-order valence-corrected chi connectivity index (χ0v) is 34.4. The Morgan fingerprint density at radius 3 is 1.43 bits per heavy atom. The molecule has 0 saturated carbocycles. The lowest BCUT2D eigenvalue weighted by Crippen LogP contribution is -2.29. The van der Waals surface area contributed by atoms with E-state index >= 15 is 0 Å². The Kier molecular flexibility index (Phi) is 7.85. The molecule has 13 rings (SSSR count). The summed E-state index contributed by atoms with van der Waals surface area (Å²) < 4.78 is 6.31. The summed E-state index contributed by atoms with van der Waals surface area (Å²) in [6.07, 6.45) is 0. The third-order valence-electron chi connectivity index (χ3n) is 13.5. The lowest BCUT2D eigenvalue weighted by molar-refractivity contribution is 0.669. The highest BCUT2D eigenvalue weighted by Gasteiger charge is 2.50. The third kappa shape index (κ3) is 5.19. The molecule has 0 bridgehead atoms. The molecule has 1 spiro atoms. The summed E-state index contributed by atoms with van der Waals surface area (Å²) in [5, 5.41) is 2.27. The number of anilines is 3. The van der Waals surface area contributed by atoms with Gasteiger partial charge in [-0.25, -0.2) is 0 Å². The summed E-state index contributed by atoms with van der Waals surface area (Å²) in [5.41, 5.74) is 22.0. The molecule has 0 N–H and O–H groups in total. The van der Waals surface area contributed by atoms with E-state index in [0.29, 0.717) is 0 Å². The average Bonchev–Trinajstić information content (AvgIpc) is 3.86. The normalized spacial score (nSPS) is 12.9. The number of furan rings is 1. The van der Waals surface area contributed by atoms with Gasteiger partial charge in [0.2, 0.25) is 0 Å². The van der Waals surface area contributed by atoms with Crippen LogP contribution in [-0.2, 0) is 5.41 Å². The van der Waals surface area contributed by atoms with Crippen molar-refractivity contribution in [3.05, 3.63) is 259 Å². The molecule has 0 fully saturated rings. The Labute approximate surface area is 366 Å². The molecule has 0 aliphatic heterocycles. The smallest absolute Gasteiger partial charge is 0.136 e. The molecule has 0 amide bonds. The Morgan fingerprint density at radius 2 is 0.762 bits per heavy atom. The van der Waals surface area contributed by atoms with Crippen molar-refractivity contribution in [1.29, 1.82) is 0 Å². The highest BCUT2D eigenvalue weighted by Crippen LogP contribution is 2.63. The number of fused-ring (bicyclic) bond motifs is 15. The molecular weight excluding hydrogens is 763 g/mol. The lowest BCUT2D eigenvalue weighted by atomic mass is 9.66. The standard InChI is InChI=1S/C61H39NO/c1-2-16-40(17-3-1)41-32-36-43(37-33-41)62(44-38-34-42(35-39-44)45-24-14-31-58-59(45)51-23-9-13-30-57(51)63-58)56-29-15-28-55-60(56)50-22-8-12-27-54(50)61(55)52-25-10-6-20-48(52)46-18-4-5-19-47(46)49-21-7-11-26-53(49)61/h1-39H. The first-order chi connectivity index (χ1) is 31.3. The lowest BCUT2D eigenvalue weighted by Gasteiger charge is -2.35. The minimum atomic E-state index is -0.577. The number of benzene rings is 10. The molecule has 2 heteroatoms. The van der Waals surface area contributed by atoms with E-state index in [4.69, 9.17) is 4.42 Å². The molecule has 2 nitrogen and oxygen atoms in total. The summed E-state index contributed by atoms with van der Waals surface area (Å²) in [7, 11) is 0. The summed E-state index contributed by atoms with van der Waals surface area (Å²) in [4.78, 5) is 2.46. The summed E-state index contributed by atoms with van der Waals surface area (Å²) in [6, 6.07) is 86.7. The highest BCUT2D eigenvalue weighted by molar-refractivity contribution is 6.12. The van der Waals surface area contributed by atoms with Gasteiger partial charge >= 0.3 is 0 Å². The van der Waals surface area contributed by atoms with Gasteiger partial charge in [0.1, 0.15) is 11.2 Å². The van der Waals surface area contributed by atoms with Gasteiger partial charge in [-0.15, -0.1) is 0 Å². The maximum absolute atomic E-state index is 6.31. The summed E-state index contributed by atoms with van der Waals surface area (Å²) in [5.74, 6) is 0. The van der Waals surface area contributed by atoms with E-state index in [0.717, 1.165) is 50.1 Å². The van der Waals surface area contributed by atoms with Gasteiger partial charge in [-0.3, -0.25) is 0 Å². The van der Waals surface area contributed by atoms with Gasteiger partial charge in [0.15, 0.2) is 0 Å². The van der Waals surface area contributed by atoms with Crippen LogP contribution >= 0.6 is 0 Å². The van der Waals surface area contributed by atoms with Crippen molar-refractivity contribution in [3.63, 3.8) is 0 Å². The molecule has 11 aromatic rings. The Balaban J connectivity index is 1.06. The Morgan fingerprint density at radius 1 is 0.302 bits per heavy atom. The summed E-state index contributed by atoms with van der Waals surface area (Å²) >= 11 is 0. The van der Waals surface area contributed by atoms with Crippen LogP contribution in [0.3, 0.4) is 0 Å². The maximum Gasteiger partial charge on any atom is 0.136 e. The molecular formula is C61H39NO. The monoisotopic (exact) mass is 801 g/mol. The molecule has 0 radical (unpaired) electrons. The van der Waals surface area contributed by atoms with Crippen molar-refractivity contribution in [1.82, 2.24) is 0 Å². The van der Waals surface area contributed by atoms with E-state index in [1.165, 1.54) is 66.8 Å². The van der Waals surface area contributed by atoms with E-state index in [-0.39, 0.29) is 0 Å². The first kappa shape index (κ1) is 35.5. The average molecular weight is 802 g/mol. The van der Waals surface area contributed by atoms with Crippen LogP contribution in [0, 0.1) is 0 Å². The Bertz CT molecular complexity index is 3490. The molecule has 10 aromatic carbocycles. The molecule has 63 heavy (non-hydrogen) atoms. The largest absolute Gasteiger partial charge is 0.456 e. The first-order valence-corrected chi connectivity index (χ1v) is 21.8. The van der Waals surface area contributed by atoms with Crippen molar-refractivity contribution in [2.45, 2.75) is 5.41 Å². The zero-order chi connectivity index (χ0) is 41.5. The molecule has 1 aromatic heterocycles. The van der Waals surface area contributed by atoms with E-state index in [9.17, 15) is 0 Å². The van der Waals surface area contributed by atoms with Gasteiger partial charge < -0.3 is 9.32 Å².